The van der Waals surface area contributed by atoms with Gasteiger partial charge in [-0.15, -0.1) is 0 Å². The highest BCUT2D eigenvalue weighted by Gasteiger charge is 2.55. The second-order valence-electron chi connectivity index (χ2n) is 13.2. The van der Waals surface area contributed by atoms with Crippen molar-refractivity contribution in [3.63, 3.8) is 0 Å². The van der Waals surface area contributed by atoms with E-state index in [0.29, 0.717) is 25.6 Å². The number of amides is 3. The molecule has 0 heterocycles. The Kier molecular flexibility index (Phi) is 10.9. The van der Waals surface area contributed by atoms with E-state index in [1.165, 1.54) is 0 Å². The van der Waals surface area contributed by atoms with E-state index >= 15 is 0 Å². The molecular formula is C30H53N3O6. The molecule has 39 heavy (non-hydrogen) atoms. The Hall–Kier alpha value is -1.71. The van der Waals surface area contributed by atoms with Crippen molar-refractivity contribution in [2.45, 2.75) is 123 Å². The van der Waals surface area contributed by atoms with Crippen LogP contribution in [-0.4, -0.2) is 72.0 Å². The molecule has 0 radical (unpaired) electrons. The molecule has 0 aromatic rings. The number of hydrogen-bond donors (Lipinski definition) is 4. The zero-order valence-corrected chi connectivity index (χ0v) is 25.3. The lowest BCUT2D eigenvalue weighted by Crippen LogP contribution is -2.64. The van der Waals surface area contributed by atoms with Crippen LogP contribution in [0.3, 0.4) is 0 Å². The van der Waals surface area contributed by atoms with Gasteiger partial charge in [0, 0.05) is 31.0 Å². The molecule has 0 bridgehead atoms. The largest absolute Gasteiger partial charge is 0.388 e. The number of hydrogen-bond acceptors (Lipinski definition) is 6. The number of carbonyl (C=O) groups excluding carboxylic acids is 3. The number of ether oxygens (including phenoxy) is 2. The number of rotatable bonds is 13. The molecule has 3 saturated carbocycles. The molecule has 3 rings (SSSR count). The number of carbonyl (C=O) groups is 3. The molecule has 0 aromatic carbocycles. The molecule has 9 atom stereocenters. The fourth-order valence-electron chi connectivity index (χ4n) is 6.37. The summed E-state index contributed by atoms with van der Waals surface area (Å²) in [6.07, 6.45) is 3.81. The van der Waals surface area contributed by atoms with Gasteiger partial charge in [-0.1, -0.05) is 41.5 Å². The Bertz CT molecular complexity index is 860. The molecule has 0 spiro atoms. The minimum atomic E-state index is -0.982. The standard InChI is InChI=1S/C30H53N3O6/c1-9-38-22-14-19(24(22)31-27(34)16(2)3)11-13-39-23-15-21(25(23)32-28(35)17(4)5)20-10-12-30(8,37)26(20)33-29(36)18(6)7/h16-26,37H,9-15H2,1-8H3,(H,31,34)(H,32,35)(H,33,36)/t19?,20?,21?,22-,23?,24-,25?,26+,30+/m1/s1. The van der Waals surface area contributed by atoms with Gasteiger partial charge in [0.15, 0.2) is 0 Å². The fraction of sp³-hybridized carbons (Fsp3) is 0.900. The molecule has 5 unspecified atom stereocenters. The van der Waals surface area contributed by atoms with Crippen molar-refractivity contribution in [3.05, 3.63) is 0 Å². The predicted octanol–water partition coefficient (Wildman–Crippen LogP) is 2.79. The number of aliphatic hydroxyl groups is 1. The molecule has 224 valence electrons. The summed E-state index contributed by atoms with van der Waals surface area (Å²) in [7, 11) is 0. The first-order chi connectivity index (χ1) is 18.3. The monoisotopic (exact) mass is 551 g/mol. The summed E-state index contributed by atoms with van der Waals surface area (Å²) in [5, 5.41) is 20.6. The molecule has 0 aliphatic heterocycles. The normalized spacial score (nSPS) is 36.0. The molecule has 0 saturated heterocycles. The highest BCUT2D eigenvalue weighted by Crippen LogP contribution is 2.47. The molecule has 9 nitrogen and oxygen atoms in total. The predicted molar refractivity (Wildman–Crippen MR) is 150 cm³/mol. The highest BCUT2D eigenvalue weighted by molar-refractivity contribution is 5.79. The Morgan fingerprint density at radius 2 is 1.36 bits per heavy atom. The van der Waals surface area contributed by atoms with Gasteiger partial charge in [0.25, 0.3) is 0 Å². The van der Waals surface area contributed by atoms with Crippen LogP contribution < -0.4 is 16.0 Å². The molecule has 3 fully saturated rings. The van der Waals surface area contributed by atoms with E-state index in [4.69, 9.17) is 9.47 Å². The quantitative estimate of drug-likeness (QED) is 0.279. The Morgan fingerprint density at radius 1 is 0.821 bits per heavy atom. The summed E-state index contributed by atoms with van der Waals surface area (Å²) in [6, 6.07) is -0.515. The van der Waals surface area contributed by atoms with E-state index in [0.717, 1.165) is 25.7 Å². The maximum atomic E-state index is 12.7. The van der Waals surface area contributed by atoms with E-state index in [1.54, 1.807) is 6.92 Å². The van der Waals surface area contributed by atoms with Crippen molar-refractivity contribution < 1.29 is 29.0 Å². The molecule has 3 aliphatic carbocycles. The first kappa shape index (κ1) is 31.8. The molecular weight excluding hydrogens is 498 g/mol. The van der Waals surface area contributed by atoms with Crippen molar-refractivity contribution in [1.29, 1.82) is 0 Å². The summed E-state index contributed by atoms with van der Waals surface area (Å²) in [5.74, 6) is 0.0530. The van der Waals surface area contributed by atoms with Crippen LogP contribution in [-0.2, 0) is 23.9 Å². The van der Waals surface area contributed by atoms with E-state index in [-0.39, 0.29) is 77.6 Å². The maximum absolute atomic E-state index is 12.7. The van der Waals surface area contributed by atoms with Gasteiger partial charge in [0.1, 0.15) is 0 Å². The summed E-state index contributed by atoms with van der Waals surface area (Å²) < 4.78 is 12.2. The van der Waals surface area contributed by atoms with Crippen molar-refractivity contribution in [3.8, 4) is 0 Å². The van der Waals surface area contributed by atoms with Crippen LogP contribution in [0.4, 0.5) is 0 Å². The molecule has 9 heteroatoms. The second-order valence-corrected chi connectivity index (χ2v) is 13.2. The third-order valence-corrected chi connectivity index (χ3v) is 9.13. The van der Waals surface area contributed by atoms with Crippen molar-refractivity contribution in [2.75, 3.05) is 13.2 Å². The van der Waals surface area contributed by atoms with Gasteiger partial charge in [0.2, 0.25) is 17.7 Å². The Labute approximate surface area is 234 Å². The van der Waals surface area contributed by atoms with E-state index in [2.05, 4.69) is 16.0 Å². The van der Waals surface area contributed by atoms with Gasteiger partial charge >= 0.3 is 0 Å². The summed E-state index contributed by atoms with van der Waals surface area (Å²) in [5.41, 5.74) is -0.982. The average molecular weight is 552 g/mol. The first-order valence-corrected chi connectivity index (χ1v) is 15.1. The van der Waals surface area contributed by atoms with Crippen molar-refractivity contribution >= 4 is 17.7 Å². The summed E-state index contributed by atoms with van der Waals surface area (Å²) in [4.78, 5) is 37.6. The third-order valence-electron chi connectivity index (χ3n) is 9.13. The van der Waals surface area contributed by atoms with Crippen molar-refractivity contribution in [1.82, 2.24) is 16.0 Å². The van der Waals surface area contributed by atoms with Crippen LogP contribution in [0.25, 0.3) is 0 Å². The topological polar surface area (TPSA) is 126 Å². The van der Waals surface area contributed by atoms with Gasteiger partial charge < -0.3 is 30.5 Å². The first-order valence-electron chi connectivity index (χ1n) is 15.1. The van der Waals surface area contributed by atoms with Crippen LogP contribution in [0.2, 0.25) is 0 Å². The highest BCUT2D eigenvalue weighted by atomic mass is 16.5. The molecule has 4 N–H and O–H groups in total. The SMILES string of the molecule is CCO[C@@H]1CC(CCOC2CC(C3CC[C@](C)(O)[C@H]3NC(=O)C(C)C)C2NC(=O)C(C)C)[C@H]1NC(=O)C(C)C. The van der Waals surface area contributed by atoms with E-state index in [9.17, 15) is 19.5 Å². The molecule has 3 aliphatic rings. The fourth-order valence-corrected chi connectivity index (χ4v) is 6.37. The summed E-state index contributed by atoms with van der Waals surface area (Å²) in [6.45, 7) is 16.2. The van der Waals surface area contributed by atoms with Crippen molar-refractivity contribution in [2.24, 2.45) is 35.5 Å². The lowest BCUT2D eigenvalue weighted by atomic mass is 9.66. The second kappa shape index (κ2) is 13.3. The van der Waals surface area contributed by atoms with Gasteiger partial charge in [-0.2, -0.15) is 0 Å². The van der Waals surface area contributed by atoms with Crippen LogP contribution in [0.1, 0.15) is 87.5 Å². The minimum Gasteiger partial charge on any atom is -0.388 e. The molecule has 0 aromatic heterocycles. The Balaban J connectivity index is 1.62. The van der Waals surface area contributed by atoms with Crippen LogP contribution in [0.15, 0.2) is 0 Å². The lowest BCUT2D eigenvalue weighted by molar-refractivity contribution is -0.138. The molecule has 3 amide bonds. The zero-order valence-electron chi connectivity index (χ0n) is 25.3. The Morgan fingerprint density at radius 3 is 1.92 bits per heavy atom. The minimum absolute atomic E-state index is 0.0000711. The van der Waals surface area contributed by atoms with Crippen LogP contribution >= 0.6 is 0 Å². The van der Waals surface area contributed by atoms with Gasteiger partial charge in [-0.3, -0.25) is 14.4 Å². The van der Waals surface area contributed by atoms with Gasteiger partial charge in [-0.25, -0.2) is 0 Å². The smallest absolute Gasteiger partial charge is 0.222 e. The third kappa shape index (κ3) is 7.53. The van der Waals surface area contributed by atoms with Gasteiger partial charge in [-0.05, 0) is 63.7 Å². The number of nitrogens with one attached hydrogen (secondary N) is 3. The lowest BCUT2D eigenvalue weighted by Gasteiger charge is -2.50. The van der Waals surface area contributed by atoms with E-state index in [1.807, 2.05) is 48.5 Å². The maximum Gasteiger partial charge on any atom is 0.222 e. The zero-order chi connectivity index (χ0) is 29.1. The van der Waals surface area contributed by atoms with E-state index < -0.39 is 5.60 Å². The summed E-state index contributed by atoms with van der Waals surface area (Å²) >= 11 is 0. The average Bonchev–Trinajstić information content (AvgIpc) is 3.13. The van der Waals surface area contributed by atoms with Crippen LogP contribution in [0, 0.1) is 35.5 Å². The van der Waals surface area contributed by atoms with Gasteiger partial charge in [0.05, 0.1) is 35.9 Å². The van der Waals surface area contributed by atoms with Crippen LogP contribution in [0.5, 0.6) is 0 Å².